The second-order valence-electron chi connectivity index (χ2n) is 6.72. The van der Waals surface area contributed by atoms with Crippen LogP contribution in [0.1, 0.15) is 21.8 Å². The number of oxazole rings is 1. The van der Waals surface area contributed by atoms with E-state index >= 15 is 0 Å². The van der Waals surface area contributed by atoms with E-state index in [4.69, 9.17) is 4.42 Å². The number of aromatic nitrogens is 1. The van der Waals surface area contributed by atoms with E-state index in [1.165, 1.54) is 11.3 Å². The smallest absolute Gasteiger partial charge is 0.277 e. The van der Waals surface area contributed by atoms with Gasteiger partial charge in [-0.1, -0.05) is 18.2 Å². The van der Waals surface area contributed by atoms with Gasteiger partial charge in [-0.25, -0.2) is 4.98 Å². The van der Waals surface area contributed by atoms with Gasteiger partial charge in [0, 0.05) is 30.3 Å². The molecule has 1 aliphatic heterocycles. The molecule has 1 saturated heterocycles. The third kappa shape index (κ3) is 4.71. The van der Waals surface area contributed by atoms with Crippen molar-refractivity contribution in [1.29, 1.82) is 0 Å². The first-order valence-electron chi connectivity index (χ1n) is 9.37. The van der Waals surface area contributed by atoms with E-state index in [0.717, 1.165) is 35.0 Å². The number of carbonyl (C=O) groups excluding carboxylic acids is 2. The molecule has 0 bridgehead atoms. The van der Waals surface area contributed by atoms with Crippen molar-refractivity contribution in [2.75, 3.05) is 29.9 Å². The Morgan fingerprint density at radius 2 is 1.93 bits per heavy atom. The molecule has 0 aliphatic carbocycles. The van der Waals surface area contributed by atoms with Gasteiger partial charge >= 0.3 is 0 Å². The van der Waals surface area contributed by atoms with E-state index in [-0.39, 0.29) is 17.5 Å². The van der Waals surface area contributed by atoms with Gasteiger partial charge in [0.2, 0.25) is 11.8 Å². The minimum Gasteiger partial charge on any atom is -0.440 e. The van der Waals surface area contributed by atoms with Crippen molar-refractivity contribution in [3.63, 3.8) is 0 Å². The van der Waals surface area contributed by atoms with Crippen molar-refractivity contribution in [2.45, 2.75) is 13.3 Å². The molecule has 1 N–H and O–H groups in total. The van der Waals surface area contributed by atoms with Crippen molar-refractivity contribution in [1.82, 2.24) is 9.88 Å². The summed E-state index contributed by atoms with van der Waals surface area (Å²) in [5, 5.41) is 4.78. The highest BCUT2D eigenvalue weighted by Gasteiger charge is 2.19. The van der Waals surface area contributed by atoms with Gasteiger partial charge in [-0.2, -0.15) is 11.8 Å². The Morgan fingerprint density at radius 1 is 1.17 bits per heavy atom. The lowest BCUT2D eigenvalue weighted by molar-refractivity contribution is -0.130. The summed E-state index contributed by atoms with van der Waals surface area (Å²) in [7, 11) is 0. The van der Waals surface area contributed by atoms with Crippen LogP contribution in [0.15, 0.2) is 46.2 Å². The quantitative estimate of drug-likeness (QED) is 0.664. The lowest BCUT2D eigenvalue weighted by Gasteiger charge is -2.26. The second-order valence-corrected chi connectivity index (χ2v) is 8.89. The second kappa shape index (κ2) is 8.84. The minimum absolute atomic E-state index is 0.154. The molecule has 150 valence electrons. The number of thiophene rings is 1. The first kappa shape index (κ1) is 19.7. The van der Waals surface area contributed by atoms with Gasteiger partial charge in [0.05, 0.1) is 11.3 Å². The summed E-state index contributed by atoms with van der Waals surface area (Å²) in [6.45, 7) is 3.37. The number of hydrogen-bond acceptors (Lipinski definition) is 6. The number of aryl methyl sites for hydroxylation is 1. The van der Waals surface area contributed by atoms with Crippen LogP contribution in [0, 0.1) is 6.92 Å². The van der Waals surface area contributed by atoms with Gasteiger partial charge < -0.3 is 14.6 Å². The molecule has 1 aromatic carbocycles. The molecule has 2 amide bonds. The third-order valence-electron chi connectivity index (χ3n) is 4.67. The van der Waals surface area contributed by atoms with Gasteiger partial charge in [0.25, 0.3) is 5.91 Å². The SMILES string of the molecule is Cc1oc(-c2cccs2)nc1C(=O)Nc1ccc(CC(=O)N2CCSCC2)cc1. The molecule has 3 aromatic rings. The average Bonchev–Trinajstić information content (AvgIpc) is 3.40. The van der Waals surface area contributed by atoms with Crippen molar-refractivity contribution in [3.05, 3.63) is 58.8 Å². The van der Waals surface area contributed by atoms with Crippen LogP contribution in [0.3, 0.4) is 0 Å². The molecule has 3 heterocycles. The molecule has 29 heavy (non-hydrogen) atoms. The Balaban J connectivity index is 1.38. The molecule has 0 radical (unpaired) electrons. The molecule has 2 aromatic heterocycles. The van der Waals surface area contributed by atoms with Gasteiger partial charge in [-0.3, -0.25) is 9.59 Å². The van der Waals surface area contributed by atoms with Crippen LogP contribution in [0.2, 0.25) is 0 Å². The van der Waals surface area contributed by atoms with Crippen LogP contribution in [-0.2, 0) is 11.2 Å². The Hall–Kier alpha value is -2.58. The number of nitrogens with one attached hydrogen (secondary N) is 1. The molecule has 0 atom stereocenters. The first-order valence-corrected chi connectivity index (χ1v) is 11.4. The topological polar surface area (TPSA) is 75.4 Å². The normalized spacial score (nSPS) is 14.0. The summed E-state index contributed by atoms with van der Waals surface area (Å²) in [5.41, 5.74) is 1.86. The summed E-state index contributed by atoms with van der Waals surface area (Å²) in [5.74, 6) is 2.78. The summed E-state index contributed by atoms with van der Waals surface area (Å²) < 4.78 is 5.63. The fourth-order valence-corrected chi connectivity index (χ4v) is 4.66. The molecule has 0 saturated carbocycles. The van der Waals surface area contributed by atoms with Crippen LogP contribution in [0.25, 0.3) is 10.8 Å². The van der Waals surface area contributed by atoms with E-state index in [1.807, 2.05) is 58.4 Å². The van der Waals surface area contributed by atoms with Gasteiger partial charge in [0.1, 0.15) is 5.76 Å². The Labute approximate surface area is 177 Å². The van der Waals surface area contributed by atoms with E-state index in [9.17, 15) is 9.59 Å². The Morgan fingerprint density at radius 3 is 2.62 bits per heavy atom. The largest absolute Gasteiger partial charge is 0.440 e. The molecule has 0 spiro atoms. The Bertz CT molecular complexity index is 991. The Kier molecular flexibility index (Phi) is 6.01. The zero-order valence-corrected chi connectivity index (χ0v) is 17.6. The van der Waals surface area contributed by atoms with Gasteiger partial charge in [-0.05, 0) is 36.1 Å². The van der Waals surface area contributed by atoms with E-state index in [0.29, 0.717) is 23.8 Å². The summed E-state index contributed by atoms with van der Waals surface area (Å²) in [6, 6.07) is 11.2. The van der Waals surface area contributed by atoms with Gasteiger partial charge in [0.15, 0.2) is 5.69 Å². The number of carbonyl (C=O) groups is 2. The number of nitrogens with zero attached hydrogens (tertiary/aromatic N) is 2. The first-order chi connectivity index (χ1) is 14.1. The molecule has 0 unspecified atom stereocenters. The third-order valence-corrected chi connectivity index (χ3v) is 6.47. The number of thioether (sulfide) groups is 1. The number of anilines is 1. The van der Waals surface area contributed by atoms with Crippen molar-refractivity contribution in [3.8, 4) is 10.8 Å². The van der Waals surface area contributed by atoms with Crippen molar-refractivity contribution in [2.24, 2.45) is 0 Å². The molecule has 1 fully saturated rings. The summed E-state index contributed by atoms with van der Waals surface area (Å²) >= 11 is 3.39. The average molecular weight is 428 g/mol. The minimum atomic E-state index is -0.316. The van der Waals surface area contributed by atoms with Crippen LogP contribution in [0.5, 0.6) is 0 Å². The van der Waals surface area contributed by atoms with Crippen LogP contribution in [-0.4, -0.2) is 46.3 Å². The summed E-state index contributed by atoms with van der Waals surface area (Å²) in [6.07, 6.45) is 0.380. The number of amides is 2. The van der Waals surface area contributed by atoms with E-state index in [2.05, 4.69) is 10.3 Å². The predicted molar refractivity (Wildman–Crippen MR) is 117 cm³/mol. The highest BCUT2D eigenvalue weighted by molar-refractivity contribution is 7.99. The summed E-state index contributed by atoms with van der Waals surface area (Å²) in [4.78, 5) is 32.1. The van der Waals surface area contributed by atoms with Crippen molar-refractivity contribution >= 4 is 40.6 Å². The standard InChI is InChI=1S/C21H21N3O3S2/c1-14-19(23-21(27-14)17-3-2-10-29-17)20(26)22-16-6-4-15(5-7-16)13-18(25)24-8-11-28-12-9-24/h2-7,10H,8-9,11-13H2,1H3,(H,22,26). The maximum Gasteiger partial charge on any atom is 0.277 e. The monoisotopic (exact) mass is 427 g/mol. The van der Waals surface area contributed by atoms with Crippen LogP contribution in [0.4, 0.5) is 5.69 Å². The van der Waals surface area contributed by atoms with Gasteiger partial charge in [-0.15, -0.1) is 11.3 Å². The zero-order valence-electron chi connectivity index (χ0n) is 16.0. The fourth-order valence-electron chi connectivity index (χ4n) is 3.11. The molecule has 6 nitrogen and oxygen atoms in total. The van der Waals surface area contributed by atoms with Crippen LogP contribution < -0.4 is 5.32 Å². The molecule has 1 aliphatic rings. The lowest BCUT2D eigenvalue weighted by Crippen LogP contribution is -2.38. The fraction of sp³-hybridized carbons (Fsp3) is 0.286. The molecular formula is C21H21N3O3S2. The molecule has 4 rings (SSSR count). The number of rotatable bonds is 5. The maximum absolute atomic E-state index is 12.6. The van der Waals surface area contributed by atoms with E-state index < -0.39 is 0 Å². The highest BCUT2D eigenvalue weighted by Crippen LogP contribution is 2.26. The maximum atomic E-state index is 12.6. The molecular weight excluding hydrogens is 406 g/mol. The van der Waals surface area contributed by atoms with E-state index in [1.54, 1.807) is 6.92 Å². The zero-order chi connectivity index (χ0) is 20.2. The number of benzene rings is 1. The van der Waals surface area contributed by atoms with Crippen LogP contribution >= 0.6 is 23.1 Å². The number of hydrogen-bond donors (Lipinski definition) is 1. The predicted octanol–water partition coefficient (Wildman–Crippen LogP) is 4.08. The molecule has 8 heteroatoms. The van der Waals surface area contributed by atoms with Crippen molar-refractivity contribution < 1.29 is 14.0 Å². The highest BCUT2D eigenvalue weighted by atomic mass is 32.2. The lowest BCUT2D eigenvalue weighted by atomic mass is 10.1.